The number of carbonyl (C=O) groups excluding carboxylic acids is 4. The lowest BCUT2D eigenvalue weighted by Gasteiger charge is -2.34. The van der Waals surface area contributed by atoms with Crippen LogP contribution in [0, 0.1) is 17.3 Å². The van der Waals surface area contributed by atoms with Crippen molar-refractivity contribution in [1.29, 1.82) is 5.53 Å². The molecule has 51 heavy (non-hydrogen) atoms. The van der Waals surface area contributed by atoms with Gasteiger partial charge in [-0.05, 0) is 67.9 Å². The third-order valence-electron chi connectivity index (χ3n) is 9.20. The van der Waals surface area contributed by atoms with E-state index in [1.54, 1.807) is 25.6 Å². The van der Waals surface area contributed by atoms with E-state index in [0.717, 1.165) is 49.8 Å². The van der Waals surface area contributed by atoms with E-state index in [4.69, 9.17) is 10.3 Å². The second-order valence-electron chi connectivity index (χ2n) is 13.6. The van der Waals surface area contributed by atoms with E-state index < -0.39 is 35.8 Å². The second kappa shape index (κ2) is 19.5. The minimum atomic E-state index is -0.984. The maximum atomic E-state index is 14.4. The molecule has 4 amide bonds. The van der Waals surface area contributed by atoms with Gasteiger partial charge in [-0.3, -0.25) is 24.2 Å². The summed E-state index contributed by atoms with van der Waals surface area (Å²) in [7, 11) is 1.60. The number of carbonyl (C=O) groups is 4. The molecule has 4 rings (SSSR count). The molecule has 2 aliphatic rings. The number of fused-ring (bicyclic) bond motifs is 2. The van der Waals surface area contributed by atoms with Gasteiger partial charge in [0.15, 0.2) is 0 Å². The minimum Gasteiger partial charge on any atom is -0.486 e. The van der Waals surface area contributed by atoms with E-state index in [-0.39, 0.29) is 47.8 Å². The van der Waals surface area contributed by atoms with Gasteiger partial charge < -0.3 is 30.5 Å². The van der Waals surface area contributed by atoms with Crippen molar-refractivity contribution >= 4 is 23.6 Å². The van der Waals surface area contributed by atoms with Gasteiger partial charge in [0.05, 0.1) is 5.56 Å². The number of hydrogen-bond donors (Lipinski definition) is 4. The van der Waals surface area contributed by atoms with Crippen molar-refractivity contribution in [3.05, 3.63) is 71.6 Å². The molecule has 0 aliphatic carbocycles. The lowest BCUT2D eigenvalue weighted by atomic mass is 10.0. The summed E-state index contributed by atoms with van der Waals surface area (Å²) in [5.41, 5.74) is 8.66. The molecule has 3 heterocycles. The summed E-state index contributed by atoms with van der Waals surface area (Å²) in [5.74, 6) is -2.33. The predicted molar refractivity (Wildman–Crippen MR) is 189 cm³/mol. The normalized spacial score (nSPS) is 23.3. The summed E-state index contributed by atoms with van der Waals surface area (Å²) in [6, 6.07) is 4.52. The van der Waals surface area contributed by atoms with Crippen LogP contribution in [0.25, 0.3) is 0 Å². The first-order valence-electron chi connectivity index (χ1n) is 17.9. The number of aromatic nitrogens is 1. The van der Waals surface area contributed by atoms with Gasteiger partial charge in [-0.1, -0.05) is 33.1 Å². The van der Waals surface area contributed by atoms with Crippen LogP contribution in [0.5, 0.6) is 5.75 Å². The summed E-state index contributed by atoms with van der Waals surface area (Å²) in [5, 5.41) is 12.5. The molecule has 3 atom stereocenters. The molecule has 1 aromatic heterocycles. The van der Waals surface area contributed by atoms with Crippen LogP contribution in [0.3, 0.4) is 0 Å². The number of rotatable bonds is 5. The van der Waals surface area contributed by atoms with Crippen LogP contribution in [0.2, 0.25) is 0 Å². The highest BCUT2D eigenvalue weighted by Gasteiger charge is 2.41. The molecular formula is C37H51FN8O5. The molecule has 0 unspecified atom stereocenters. The molecule has 0 spiro atoms. The van der Waals surface area contributed by atoms with Crippen molar-refractivity contribution in [1.82, 2.24) is 30.7 Å². The number of likely N-dealkylation sites (N-methyl/N-ethyl adjacent to an activating group) is 1. The third kappa shape index (κ3) is 11.3. The predicted octanol–water partition coefficient (Wildman–Crippen LogP) is 4.35. The lowest BCUT2D eigenvalue weighted by molar-refractivity contribution is -0.147. The van der Waals surface area contributed by atoms with Gasteiger partial charge >= 0.3 is 0 Å². The molecule has 0 bridgehead atoms. The lowest BCUT2D eigenvalue weighted by Crippen LogP contribution is -2.57. The Balaban J connectivity index is 1.63. The van der Waals surface area contributed by atoms with Crippen molar-refractivity contribution in [2.75, 3.05) is 33.3 Å². The van der Waals surface area contributed by atoms with E-state index in [9.17, 15) is 23.6 Å². The van der Waals surface area contributed by atoms with Gasteiger partial charge in [-0.15, -0.1) is 0 Å². The Bertz CT molecular complexity index is 1540. The number of halogens is 1. The zero-order chi connectivity index (χ0) is 36.8. The largest absolute Gasteiger partial charge is 0.486 e. The first-order valence-corrected chi connectivity index (χ1v) is 17.9. The summed E-state index contributed by atoms with van der Waals surface area (Å²) < 4.78 is 20.1. The van der Waals surface area contributed by atoms with E-state index >= 15 is 0 Å². The topological polar surface area (TPSA) is 169 Å². The van der Waals surface area contributed by atoms with Crippen LogP contribution in [-0.2, 0) is 20.8 Å². The molecule has 276 valence electrons. The van der Waals surface area contributed by atoms with Crippen LogP contribution < -0.4 is 20.7 Å². The van der Waals surface area contributed by atoms with Gasteiger partial charge in [0.2, 0.25) is 17.7 Å². The maximum absolute atomic E-state index is 14.4. The van der Waals surface area contributed by atoms with Gasteiger partial charge in [0.1, 0.15) is 42.0 Å². The fraction of sp³-hybridized carbons (Fsp3) is 0.541. The number of amides is 4. The van der Waals surface area contributed by atoms with Gasteiger partial charge in [-0.2, -0.15) is 5.11 Å². The highest BCUT2D eigenvalue weighted by atomic mass is 19.1. The molecule has 0 saturated carbocycles. The van der Waals surface area contributed by atoms with Crippen LogP contribution in [0.4, 0.5) is 4.39 Å². The molecule has 2 aliphatic heterocycles. The van der Waals surface area contributed by atoms with E-state index in [2.05, 4.69) is 26.0 Å². The third-order valence-corrected chi connectivity index (χ3v) is 9.20. The van der Waals surface area contributed by atoms with E-state index in [0.29, 0.717) is 38.9 Å². The molecule has 1 saturated heterocycles. The summed E-state index contributed by atoms with van der Waals surface area (Å²) >= 11 is 0. The standard InChI is InChI=1S/C37H51FN8O5/c1-25(2)20-30-36(49)46-19-9-10-31(46)37(50)45(3)32(21-26-13-17-40-18-14-26)35(48)42-16-8-6-4-5-7-15-41-23-28(44-39)24-51-33-22-27(38)11-12-29(33)34(47)43-30/h11-14,17-18,22-23,25,30-32,39,41H,4-10,15-16,19-21,24H2,1-3H3,(H,42,48)(H,43,47)/b28-23-,44-39?/t30-,31-,32+/m1/s1. The number of pyridine rings is 1. The quantitative estimate of drug-likeness (QED) is 0.335. The Morgan fingerprint density at radius 2 is 1.73 bits per heavy atom. The van der Waals surface area contributed by atoms with Gasteiger partial charge in [0, 0.05) is 57.8 Å². The molecule has 1 fully saturated rings. The molecular weight excluding hydrogens is 655 g/mol. The summed E-state index contributed by atoms with van der Waals surface area (Å²) in [6.07, 6.45) is 10.9. The Hall–Kier alpha value is -4.88. The Labute approximate surface area is 299 Å². The average Bonchev–Trinajstić information content (AvgIpc) is 3.61. The summed E-state index contributed by atoms with van der Waals surface area (Å²) in [4.78, 5) is 62.7. The van der Waals surface area contributed by atoms with Crippen LogP contribution >= 0.6 is 0 Å². The van der Waals surface area contributed by atoms with E-state index in [1.165, 1.54) is 15.9 Å². The zero-order valence-corrected chi connectivity index (χ0v) is 29.8. The Kier molecular flexibility index (Phi) is 14.9. The molecule has 13 nitrogen and oxygen atoms in total. The van der Waals surface area contributed by atoms with Crippen LogP contribution in [0.15, 0.2) is 59.7 Å². The summed E-state index contributed by atoms with van der Waals surface area (Å²) in [6.45, 7) is 5.10. The van der Waals surface area contributed by atoms with Crippen LogP contribution in [0.1, 0.15) is 81.1 Å². The average molecular weight is 707 g/mol. The highest BCUT2D eigenvalue weighted by Crippen LogP contribution is 2.25. The van der Waals surface area contributed by atoms with Crippen molar-refractivity contribution in [3.8, 4) is 5.75 Å². The van der Waals surface area contributed by atoms with Gasteiger partial charge in [-0.25, -0.2) is 9.92 Å². The number of ether oxygens (including phenoxy) is 1. The van der Waals surface area contributed by atoms with Crippen molar-refractivity contribution in [3.63, 3.8) is 0 Å². The molecule has 4 N–H and O–H groups in total. The SMILES string of the molecule is CC(C)C[C@H]1NC(=O)c2ccc(F)cc2OC/C(N=N)=C/NCCCCCCCNC(=O)[C@H](Cc2ccncc2)N(C)C(=O)[C@H]2CCCN2C1=O. The molecule has 1 aromatic carbocycles. The monoisotopic (exact) mass is 706 g/mol. The fourth-order valence-corrected chi connectivity index (χ4v) is 6.42. The van der Waals surface area contributed by atoms with Crippen molar-refractivity contribution in [2.45, 2.75) is 89.8 Å². The van der Waals surface area contributed by atoms with Crippen molar-refractivity contribution in [2.24, 2.45) is 11.0 Å². The smallest absolute Gasteiger partial charge is 0.255 e. The molecule has 0 radical (unpaired) electrons. The first-order chi connectivity index (χ1) is 24.6. The number of benzene rings is 1. The minimum absolute atomic E-state index is 0.00552. The number of hydrogen-bond acceptors (Lipinski definition) is 9. The van der Waals surface area contributed by atoms with Crippen molar-refractivity contribution < 1.29 is 28.3 Å². The number of nitrogens with zero attached hydrogens (tertiary/aromatic N) is 4. The first kappa shape index (κ1) is 38.9. The zero-order valence-electron chi connectivity index (χ0n) is 29.8. The Morgan fingerprint density at radius 1 is 1.00 bits per heavy atom. The Morgan fingerprint density at radius 3 is 2.45 bits per heavy atom. The van der Waals surface area contributed by atoms with Gasteiger partial charge in [0.25, 0.3) is 5.91 Å². The molecule has 14 heteroatoms. The fourth-order valence-electron chi connectivity index (χ4n) is 6.42. The highest BCUT2D eigenvalue weighted by molar-refractivity contribution is 6.00. The number of nitrogens with one attached hydrogen (secondary N) is 4. The van der Waals surface area contributed by atoms with E-state index in [1.807, 2.05) is 26.0 Å². The maximum Gasteiger partial charge on any atom is 0.255 e. The second-order valence-corrected chi connectivity index (χ2v) is 13.6. The molecule has 2 aromatic rings. The van der Waals surface area contributed by atoms with Crippen LogP contribution in [-0.4, -0.2) is 89.8 Å².